The number of amides is 5. The van der Waals surface area contributed by atoms with Gasteiger partial charge in [0.15, 0.2) is 0 Å². The van der Waals surface area contributed by atoms with E-state index in [9.17, 15) is 28.8 Å². The molecule has 4 unspecified atom stereocenters. The zero-order chi connectivity index (χ0) is 31.7. The molecule has 0 bridgehead atoms. The van der Waals surface area contributed by atoms with E-state index in [0.717, 1.165) is 37.7 Å². The van der Waals surface area contributed by atoms with Gasteiger partial charge < -0.3 is 31.3 Å². The Morgan fingerprint density at radius 2 is 1.58 bits per heavy atom. The number of rotatable bonds is 11. The molecule has 43 heavy (non-hydrogen) atoms. The van der Waals surface area contributed by atoms with Gasteiger partial charge in [-0.2, -0.15) is 0 Å². The van der Waals surface area contributed by atoms with E-state index < -0.39 is 65.1 Å². The van der Waals surface area contributed by atoms with Crippen molar-refractivity contribution < 1.29 is 33.5 Å². The van der Waals surface area contributed by atoms with Crippen LogP contribution in [0.4, 0.5) is 4.79 Å². The van der Waals surface area contributed by atoms with Crippen LogP contribution < -0.4 is 21.7 Å². The molecular formula is C31H45N5O7. The van der Waals surface area contributed by atoms with Crippen molar-refractivity contribution in [3.05, 3.63) is 35.9 Å². The number of carbonyl (C=O) groups excluding carboxylic acids is 6. The molecule has 4 atom stereocenters. The third-order valence-electron chi connectivity index (χ3n) is 8.11. The minimum absolute atomic E-state index is 0.0564. The lowest BCUT2D eigenvalue weighted by Crippen LogP contribution is -2.60. The third kappa shape index (κ3) is 9.26. The number of benzene rings is 1. The molecule has 12 nitrogen and oxygen atoms in total. The Balaban J connectivity index is 1.73. The quantitative estimate of drug-likeness (QED) is 0.222. The minimum atomic E-state index is -1.16. The molecule has 0 radical (unpaired) electrons. The van der Waals surface area contributed by atoms with Gasteiger partial charge in [-0.15, -0.1) is 0 Å². The van der Waals surface area contributed by atoms with E-state index in [1.807, 2.05) is 51.1 Å². The summed E-state index contributed by atoms with van der Waals surface area (Å²) in [6.07, 6.45) is 5.24. The maximum Gasteiger partial charge on any atom is 0.329 e. The summed E-state index contributed by atoms with van der Waals surface area (Å²) in [5.74, 6) is -3.79. The normalized spacial score (nSPS) is 19.4. The van der Waals surface area contributed by atoms with E-state index in [4.69, 9.17) is 10.5 Å². The number of Topliss-reactive ketones (excluding diaryl/α,β-unsaturated/α-hetero) is 1. The van der Waals surface area contributed by atoms with Gasteiger partial charge in [0.05, 0.1) is 6.04 Å². The Hall–Kier alpha value is -3.96. The molecule has 5 amide bonds. The van der Waals surface area contributed by atoms with E-state index in [0.29, 0.717) is 19.4 Å². The molecule has 1 aliphatic carbocycles. The Bertz CT molecular complexity index is 1180. The maximum absolute atomic E-state index is 14.0. The molecule has 1 aliphatic heterocycles. The molecule has 3 rings (SSSR count). The topological polar surface area (TPSA) is 177 Å². The first-order valence-corrected chi connectivity index (χ1v) is 15.0. The number of ether oxygens (including phenoxy) is 1. The fourth-order valence-electron chi connectivity index (χ4n) is 5.67. The summed E-state index contributed by atoms with van der Waals surface area (Å²) in [5, 5.41) is 8.06. The highest BCUT2D eigenvalue weighted by Crippen LogP contribution is 2.29. The molecule has 236 valence electrons. The van der Waals surface area contributed by atoms with Crippen LogP contribution in [0.3, 0.4) is 0 Å². The molecule has 0 aromatic heterocycles. The second kappa shape index (κ2) is 15.0. The van der Waals surface area contributed by atoms with Crippen molar-refractivity contribution in [2.75, 3.05) is 6.54 Å². The number of hydrogen-bond donors (Lipinski definition) is 4. The van der Waals surface area contributed by atoms with Crippen molar-refractivity contribution in [3.8, 4) is 0 Å². The van der Waals surface area contributed by atoms with Crippen molar-refractivity contribution in [1.82, 2.24) is 20.9 Å². The van der Waals surface area contributed by atoms with E-state index in [2.05, 4.69) is 16.0 Å². The monoisotopic (exact) mass is 599 g/mol. The van der Waals surface area contributed by atoms with Gasteiger partial charge in [-0.25, -0.2) is 9.59 Å². The second-order valence-electron chi connectivity index (χ2n) is 12.5. The lowest BCUT2D eigenvalue weighted by atomic mass is 9.83. The molecule has 1 aromatic carbocycles. The van der Waals surface area contributed by atoms with Crippen LogP contribution >= 0.6 is 0 Å². The summed E-state index contributed by atoms with van der Waals surface area (Å²) in [6, 6.07) is 4.64. The molecular weight excluding hydrogens is 554 g/mol. The Kier molecular flexibility index (Phi) is 11.7. The highest BCUT2D eigenvalue weighted by atomic mass is 16.5. The van der Waals surface area contributed by atoms with Crippen molar-refractivity contribution in [2.45, 2.75) is 103 Å². The average molecular weight is 600 g/mol. The summed E-state index contributed by atoms with van der Waals surface area (Å²) < 4.78 is 5.52. The number of primary amides is 1. The van der Waals surface area contributed by atoms with Crippen LogP contribution in [0, 0.1) is 11.3 Å². The van der Waals surface area contributed by atoms with E-state index in [1.165, 1.54) is 11.8 Å². The fraction of sp³-hybridized carbons (Fsp3) is 0.613. The second-order valence-corrected chi connectivity index (χ2v) is 12.5. The van der Waals surface area contributed by atoms with Crippen LogP contribution in [0.5, 0.6) is 0 Å². The predicted molar refractivity (Wildman–Crippen MR) is 158 cm³/mol. The molecule has 5 N–H and O–H groups in total. The minimum Gasteiger partial charge on any atom is -0.459 e. The standard InChI is InChI=1S/C31H45N5O7/c1-19(24(37)26(32)38)33-27(39)22-16-11-17-36(22)28(40)23(21-14-9-6-10-15-21)34-30(42)35-25(31(2,3)4)29(41)43-18-20-12-7-5-8-13-20/h5,7-8,12-13,19,21-23,25H,6,9-11,14-18H2,1-4H3,(H2,32,38)(H,33,39)(H2,34,35,42). The predicted octanol–water partition coefficient (Wildman–Crippen LogP) is 1.94. The number of urea groups is 1. The number of nitrogens with two attached hydrogens (primary N) is 1. The van der Waals surface area contributed by atoms with Crippen molar-refractivity contribution in [3.63, 3.8) is 0 Å². The summed E-state index contributed by atoms with van der Waals surface area (Å²) in [7, 11) is 0. The summed E-state index contributed by atoms with van der Waals surface area (Å²) in [4.78, 5) is 78.1. The molecule has 2 fully saturated rings. The van der Waals surface area contributed by atoms with Gasteiger partial charge in [0.2, 0.25) is 17.6 Å². The Morgan fingerprint density at radius 3 is 2.19 bits per heavy atom. The van der Waals surface area contributed by atoms with Crippen molar-refractivity contribution in [2.24, 2.45) is 17.1 Å². The lowest BCUT2D eigenvalue weighted by Gasteiger charge is -2.36. The highest BCUT2D eigenvalue weighted by Gasteiger charge is 2.42. The van der Waals surface area contributed by atoms with Crippen LogP contribution in [0.2, 0.25) is 0 Å². The molecule has 1 saturated carbocycles. The van der Waals surface area contributed by atoms with Gasteiger partial charge in [0.1, 0.15) is 24.7 Å². The highest BCUT2D eigenvalue weighted by molar-refractivity contribution is 6.37. The van der Waals surface area contributed by atoms with Crippen LogP contribution in [0.1, 0.15) is 78.2 Å². The number of esters is 1. The molecule has 1 aromatic rings. The zero-order valence-electron chi connectivity index (χ0n) is 25.5. The summed E-state index contributed by atoms with van der Waals surface area (Å²) in [6.45, 7) is 7.15. The third-order valence-corrected chi connectivity index (χ3v) is 8.11. The van der Waals surface area contributed by atoms with Crippen LogP contribution in [0.25, 0.3) is 0 Å². The number of hydrogen-bond acceptors (Lipinski definition) is 7. The van der Waals surface area contributed by atoms with Gasteiger partial charge in [-0.3, -0.25) is 19.2 Å². The van der Waals surface area contributed by atoms with Crippen molar-refractivity contribution in [1.29, 1.82) is 0 Å². The number of nitrogens with one attached hydrogen (secondary N) is 3. The smallest absolute Gasteiger partial charge is 0.329 e. The largest absolute Gasteiger partial charge is 0.459 e. The average Bonchev–Trinajstić information content (AvgIpc) is 3.47. The van der Waals surface area contributed by atoms with E-state index >= 15 is 0 Å². The first kappa shape index (κ1) is 33.5. The Labute approximate surface area is 252 Å². The Morgan fingerprint density at radius 1 is 0.930 bits per heavy atom. The van der Waals surface area contributed by atoms with Crippen LogP contribution in [0.15, 0.2) is 30.3 Å². The SMILES string of the molecule is CC(NC(=O)C1CCCN1C(=O)C(NC(=O)NC(C(=O)OCc1ccccc1)C(C)(C)C)C1CCCCC1)C(=O)C(N)=O. The first-order chi connectivity index (χ1) is 20.3. The van der Waals surface area contributed by atoms with Gasteiger partial charge in [0, 0.05) is 6.54 Å². The van der Waals surface area contributed by atoms with Gasteiger partial charge in [-0.1, -0.05) is 70.4 Å². The van der Waals surface area contributed by atoms with E-state index in [-0.39, 0.29) is 12.5 Å². The summed E-state index contributed by atoms with van der Waals surface area (Å²) in [5.41, 5.74) is 5.18. The van der Waals surface area contributed by atoms with E-state index in [1.54, 1.807) is 0 Å². The van der Waals surface area contributed by atoms with Gasteiger partial charge in [0.25, 0.3) is 5.91 Å². The van der Waals surface area contributed by atoms with Crippen LogP contribution in [-0.4, -0.2) is 71.1 Å². The molecule has 1 heterocycles. The zero-order valence-corrected chi connectivity index (χ0v) is 25.5. The van der Waals surface area contributed by atoms with Gasteiger partial charge in [-0.05, 0) is 49.5 Å². The maximum atomic E-state index is 14.0. The number of likely N-dealkylation sites (tertiary alicyclic amines) is 1. The molecule has 2 aliphatic rings. The number of carbonyl (C=O) groups is 6. The molecule has 12 heteroatoms. The molecule has 0 spiro atoms. The fourth-order valence-corrected chi connectivity index (χ4v) is 5.67. The lowest BCUT2D eigenvalue weighted by molar-refractivity contribution is -0.150. The number of nitrogens with zero attached hydrogens (tertiary/aromatic N) is 1. The van der Waals surface area contributed by atoms with Gasteiger partial charge >= 0.3 is 12.0 Å². The first-order valence-electron chi connectivity index (χ1n) is 15.0. The van der Waals surface area contributed by atoms with Crippen molar-refractivity contribution >= 4 is 35.5 Å². The summed E-state index contributed by atoms with van der Waals surface area (Å²) >= 11 is 0. The molecule has 1 saturated heterocycles. The number of ketones is 1. The van der Waals surface area contributed by atoms with Crippen LogP contribution in [-0.2, 0) is 35.3 Å².